The second-order valence-corrected chi connectivity index (χ2v) is 3.44. The number of allylic oxidation sites excluding steroid dienone is 1. The molecule has 0 spiro atoms. The predicted molar refractivity (Wildman–Crippen MR) is 40.2 cm³/mol. The fraction of sp³-hybridized carbons (Fsp3) is 0.750. The lowest BCUT2D eigenvalue weighted by Gasteiger charge is -2.19. The van der Waals surface area contributed by atoms with Gasteiger partial charge in [0.2, 0.25) is 0 Å². The highest BCUT2D eigenvalue weighted by molar-refractivity contribution is 5.07. The van der Waals surface area contributed by atoms with Crippen molar-refractivity contribution < 1.29 is 0 Å². The van der Waals surface area contributed by atoms with E-state index < -0.39 is 0 Å². The van der Waals surface area contributed by atoms with E-state index in [4.69, 9.17) is 5.73 Å². The second kappa shape index (κ2) is 2.14. The second-order valence-electron chi connectivity index (χ2n) is 3.44. The van der Waals surface area contributed by atoms with E-state index in [0.29, 0.717) is 5.41 Å². The van der Waals surface area contributed by atoms with Crippen molar-refractivity contribution in [2.45, 2.75) is 26.2 Å². The Bertz CT molecular complexity index is 129. The maximum Gasteiger partial charge on any atom is -0.00200 e. The molecule has 2 N–H and O–H groups in total. The van der Waals surface area contributed by atoms with Gasteiger partial charge in [0, 0.05) is 0 Å². The zero-order valence-electron chi connectivity index (χ0n) is 6.11. The number of hydrogen-bond acceptors (Lipinski definition) is 1. The van der Waals surface area contributed by atoms with Crippen LogP contribution in [0.3, 0.4) is 0 Å². The third-order valence-corrected chi connectivity index (χ3v) is 2.25. The first-order valence-corrected chi connectivity index (χ1v) is 3.53. The molecule has 0 saturated heterocycles. The molecule has 0 aromatic rings. The Morgan fingerprint density at radius 2 is 2.44 bits per heavy atom. The molecule has 9 heavy (non-hydrogen) atoms. The van der Waals surface area contributed by atoms with Crippen LogP contribution in [0.2, 0.25) is 0 Å². The monoisotopic (exact) mass is 125 g/mol. The lowest BCUT2D eigenvalue weighted by Crippen LogP contribution is -2.23. The molecule has 0 aromatic carbocycles. The molecule has 1 aliphatic rings. The topological polar surface area (TPSA) is 26.0 Å². The number of nitrogens with two attached hydrogens (primary N) is 1. The first-order chi connectivity index (χ1) is 4.16. The molecule has 1 aliphatic carbocycles. The normalized spacial score (nSPS) is 35.6. The molecule has 0 amide bonds. The van der Waals surface area contributed by atoms with Gasteiger partial charge in [-0.05, 0) is 31.2 Å². The van der Waals surface area contributed by atoms with E-state index in [1.54, 1.807) is 0 Å². The zero-order chi connectivity index (χ0) is 6.91. The first-order valence-electron chi connectivity index (χ1n) is 3.53. The van der Waals surface area contributed by atoms with E-state index in [1.807, 2.05) is 0 Å². The Hall–Kier alpha value is -0.300. The van der Waals surface area contributed by atoms with Crippen LogP contribution in [0.4, 0.5) is 0 Å². The molecule has 0 aromatic heterocycles. The van der Waals surface area contributed by atoms with E-state index in [1.165, 1.54) is 18.4 Å². The van der Waals surface area contributed by atoms with Gasteiger partial charge in [0.05, 0.1) is 0 Å². The quantitative estimate of drug-likeness (QED) is 0.530. The fourth-order valence-corrected chi connectivity index (χ4v) is 1.43. The van der Waals surface area contributed by atoms with Crippen LogP contribution in [0, 0.1) is 5.41 Å². The summed E-state index contributed by atoms with van der Waals surface area (Å²) < 4.78 is 0. The Morgan fingerprint density at radius 3 is 2.67 bits per heavy atom. The zero-order valence-corrected chi connectivity index (χ0v) is 6.11. The molecule has 0 heterocycles. The van der Waals surface area contributed by atoms with Gasteiger partial charge in [-0.15, -0.1) is 0 Å². The minimum atomic E-state index is 0.386. The Morgan fingerprint density at radius 1 is 1.78 bits per heavy atom. The standard InChI is InChI=1S/C8H15N/c1-7-3-4-8(2,5-7)6-9/h1,3-6,9H2,2H3. The molecule has 1 saturated carbocycles. The van der Waals surface area contributed by atoms with E-state index in [2.05, 4.69) is 13.5 Å². The summed E-state index contributed by atoms with van der Waals surface area (Å²) in [6.45, 7) is 6.99. The first kappa shape index (κ1) is 6.81. The van der Waals surface area contributed by atoms with Crippen molar-refractivity contribution in [1.82, 2.24) is 0 Å². The molecule has 1 nitrogen and oxygen atoms in total. The van der Waals surface area contributed by atoms with Gasteiger partial charge in [-0.3, -0.25) is 0 Å². The maximum absolute atomic E-state index is 5.59. The summed E-state index contributed by atoms with van der Waals surface area (Å²) in [5.41, 5.74) is 7.35. The van der Waals surface area contributed by atoms with E-state index in [9.17, 15) is 0 Å². The van der Waals surface area contributed by atoms with Crippen molar-refractivity contribution in [2.75, 3.05) is 6.54 Å². The molecule has 1 heteroatoms. The molecule has 0 bridgehead atoms. The summed E-state index contributed by atoms with van der Waals surface area (Å²) in [5, 5.41) is 0. The maximum atomic E-state index is 5.59. The summed E-state index contributed by atoms with van der Waals surface area (Å²) >= 11 is 0. The van der Waals surface area contributed by atoms with Crippen molar-refractivity contribution in [2.24, 2.45) is 11.1 Å². The average molecular weight is 125 g/mol. The van der Waals surface area contributed by atoms with Crippen molar-refractivity contribution in [3.05, 3.63) is 12.2 Å². The van der Waals surface area contributed by atoms with Gasteiger partial charge in [0.1, 0.15) is 0 Å². The predicted octanol–water partition coefficient (Wildman–Crippen LogP) is 1.69. The van der Waals surface area contributed by atoms with Gasteiger partial charge in [-0.25, -0.2) is 0 Å². The lowest BCUT2D eigenvalue weighted by atomic mass is 9.89. The van der Waals surface area contributed by atoms with Crippen molar-refractivity contribution in [3.8, 4) is 0 Å². The molecular weight excluding hydrogens is 110 g/mol. The van der Waals surface area contributed by atoms with Crippen molar-refractivity contribution in [3.63, 3.8) is 0 Å². The number of rotatable bonds is 1. The molecule has 1 unspecified atom stereocenters. The fourth-order valence-electron chi connectivity index (χ4n) is 1.43. The summed E-state index contributed by atoms with van der Waals surface area (Å²) in [4.78, 5) is 0. The minimum Gasteiger partial charge on any atom is -0.330 e. The molecule has 0 aliphatic heterocycles. The summed E-state index contributed by atoms with van der Waals surface area (Å²) in [6, 6.07) is 0. The molecular formula is C8H15N. The smallest absolute Gasteiger partial charge is 0.00200 e. The molecule has 1 rings (SSSR count). The van der Waals surface area contributed by atoms with Crippen molar-refractivity contribution >= 4 is 0 Å². The SMILES string of the molecule is C=C1CCC(C)(CN)C1. The number of hydrogen-bond donors (Lipinski definition) is 1. The summed E-state index contributed by atoms with van der Waals surface area (Å²) in [6.07, 6.45) is 3.57. The van der Waals surface area contributed by atoms with E-state index >= 15 is 0 Å². The van der Waals surface area contributed by atoms with Crippen LogP contribution in [0.15, 0.2) is 12.2 Å². The van der Waals surface area contributed by atoms with Crippen LogP contribution in [-0.4, -0.2) is 6.54 Å². The Kier molecular flexibility index (Phi) is 1.62. The molecule has 1 fully saturated rings. The van der Waals surface area contributed by atoms with Crippen LogP contribution in [-0.2, 0) is 0 Å². The third-order valence-electron chi connectivity index (χ3n) is 2.25. The molecule has 52 valence electrons. The van der Waals surface area contributed by atoms with Crippen LogP contribution >= 0.6 is 0 Å². The molecule has 0 radical (unpaired) electrons. The highest BCUT2D eigenvalue weighted by Gasteiger charge is 2.28. The van der Waals surface area contributed by atoms with Crippen LogP contribution in [0.25, 0.3) is 0 Å². The van der Waals surface area contributed by atoms with Crippen LogP contribution in [0.5, 0.6) is 0 Å². The van der Waals surface area contributed by atoms with Gasteiger partial charge in [-0.1, -0.05) is 19.1 Å². The van der Waals surface area contributed by atoms with E-state index in [-0.39, 0.29) is 0 Å². The van der Waals surface area contributed by atoms with Crippen LogP contribution in [0.1, 0.15) is 26.2 Å². The average Bonchev–Trinajstić information content (AvgIpc) is 2.13. The highest BCUT2D eigenvalue weighted by Crippen LogP contribution is 2.38. The third kappa shape index (κ3) is 1.33. The molecule has 1 atom stereocenters. The largest absolute Gasteiger partial charge is 0.330 e. The summed E-state index contributed by atoms with van der Waals surface area (Å²) in [7, 11) is 0. The van der Waals surface area contributed by atoms with E-state index in [0.717, 1.165) is 13.0 Å². The summed E-state index contributed by atoms with van der Waals surface area (Å²) in [5.74, 6) is 0. The van der Waals surface area contributed by atoms with Gasteiger partial charge in [0.25, 0.3) is 0 Å². The lowest BCUT2D eigenvalue weighted by molar-refractivity contribution is 0.356. The van der Waals surface area contributed by atoms with Gasteiger partial charge in [-0.2, -0.15) is 0 Å². The van der Waals surface area contributed by atoms with Gasteiger partial charge >= 0.3 is 0 Å². The minimum absolute atomic E-state index is 0.386. The Balaban J connectivity index is 2.54. The van der Waals surface area contributed by atoms with Crippen LogP contribution < -0.4 is 5.73 Å². The highest BCUT2D eigenvalue weighted by atomic mass is 14.6. The van der Waals surface area contributed by atoms with Gasteiger partial charge in [0.15, 0.2) is 0 Å². The van der Waals surface area contributed by atoms with Gasteiger partial charge < -0.3 is 5.73 Å². The van der Waals surface area contributed by atoms with Crippen molar-refractivity contribution in [1.29, 1.82) is 0 Å². The Labute approximate surface area is 56.9 Å².